The van der Waals surface area contributed by atoms with Crippen LogP contribution >= 0.6 is 15.9 Å². The van der Waals surface area contributed by atoms with Crippen LogP contribution in [0.2, 0.25) is 0 Å². The summed E-state index contributed by atoms with van der Waals surface area (Å²) in [5, 5.41) is 2.35. The van der Waals surface area contributed by atoms with E-state index in [0.29, 0.717) is 0 Å². The number of nitrogens with zero attached hydrogens (tertiary/aromatic N) is 2. The third kappa shape index (κ3) is 3.64. The number of hydrogen-bond acceptors (Lipinski definition) is 2. The lowest BCUT2D eigenvalue weighted by atomic mass is 9.93. The van der Waals surface area contributed by atoms with E-state index in [1.54, 1.807) is 0 Å². The molecule has 1 aliphatic rings. The third-order valence-electron chi connectivity index (χ3n) is 4.58. The van der Waals surface area contributed by atoms with E-state index in [1.807, 2.05) is 6.20 Å². The van der Waals surface area contributed by atoms with Crippen LogP contribution in [0.4, 0.5) is 0 Å². The first kappa shape index (κ1) is 15.0. The highest BCUT2D eigenvalue weighted by Crippen LogP contribution is 2.26. The Balaban J connectivity index is 1.83. The number of aromatic nitrogens is 1. The summed E-state index contributed by atoms with van der Waals surface area (Å²) in [5.74, 6) is 0. The molecule has 0 aliphatic heterocycles. The molecule has 0 N–H and O–H groups in total. The van der Waals surface area contributed by atoms with Crippen LogP contribution in [0, 0.1) is 0 Å². The maximum absolute atomic E-state index is 4.48. The molecule has 1 fully saturated rings. The molecule has 0 bridgehead atoms. The first-order valence-electron chi connectivity index (χ1n) is 8.01. The number of hydrogen-bond donors (Lipinski definition) is 0. The van der Waals surface area contributed by atoms with Gasteiger partial charge in [0.1, 0.15) is 0 Å². The highest BCUT2D eigenvalue weighted by atomic mass is 79.9. The summed E-state index contributed by atoms with van der Waals surface area (Å²) < 4.78 is 0. The van der Waals surface area contributed by atoms with Crippen molar-refractivity contribution >= 4 is 26.8 Å². The van der Waals surface area contributed by atoms with Crippen LogP contribution in [0.25, 0.3) is 10.9 Å². The summed E-state index contributed by atoms with van der Waals surface area (Å²) in [6, 6.07) is 11.4. The van der Waals surface area contributed by atoms with E-state index >= 15 is 0 Å². The molecule has 3 heteroatoms. The molecule has 1 aromatic carbocycles. The SMILES string of the molecule is BrCCN(Cc1ccnc2ccccc12)C1CCCCC1. The van der Waals surface area contributed by atoms with Gasteiger partial charge in [-0.1, -0.05) is 53.4 Å². The van der Waals surface area contributed by atoms with Gasteiger partial charge in [-0.15, -0.1) is 0 Å². The van der Waals surface area contributed by atoms with E-state index in [-0.39, 0.29) is 0 Å². The molecule has 2 nitrogen and oxygen atoms in total. The van der Waals surface area contributed by atoms with Crippen molar-refractivity contribution in [3.63, 3.8) is 0 Å². The predicted octanol–water partition coefficient (Wildman–Crippen LogP) is 4.76. The second-order valence-electron chi connectivity index (χ2n) is 5.94. The maximum atomic E-state index is 4.48. The van der Waals surface area contributed by atoms with Gasteiger partial charge >= 0.3 is 0 Å². The molecule has 0 saturated heterocycles. The molecule has 112 valence electrons. The van der Waals surface area contributed by atoms with Crippen LogP contribution < -0.4 is 0 Å². The Morgan fingerprint density at radius 3 is 2.71 bits per heavy atom. The lowest BCUT2D eigenvalue weighted by Crippen LogP contribution is -2.37. The average Bonchev–Trinajstić information content (AvgIpc) is 2.55. The van der Waals surface area contributed by atoms with Crippen LogP contribution in [0.3, 0.4) is 0 Å². The largest absolute Gasteiger partial charge is 0.295 e. The average molecular weight is 347 g/mol. The standard InChI is InChI=1S/C18H23BrN2/c19-11-13-21(16-6-2-1-3-7-16)14-15-10-12-20-18-9-5-4-8-17(15)18/h4-5,8-10,12,16H,1-3,6-7,11,13-14H2. The minimum atomic E-state index is 0.753. The molecular weight excluding hydrogens is 324 g/mol. The van der Waals surface area contributed by atoms with Gasteiger partial charge in [-0.25, -0.2) is 0 Å². The van der Waals surface area contributed by atoms with Crippen molar-refractivity contribution in [1.29, 1.82) is 0 Å². The Labute approximate surface area is 135 Å². The molecule has 1 heterocycles. The highest BCUT2D eigenvalue weighted by Gasteiger charge is 2.21. The normalized spacial score (nSPS) is 16.7. The quantitative estimate of drug-likeness (QED) is 0.725. The van der Waals surface area contributed by atoms with E-state index in [2.05, 4.69) is 56.1 Å². The zero-order valence-corrected chi connectivity index (χ0v) is 14.1. The first-order valence-corrected chi connectivity index (χ1v) is 9.13. The molecule has 2 aromatic rings. The summed E-state index contributed by atoms with van der Waals surface area (Å²) in [6.45, 7) is 2.17. The summed E-state index contributed by atoms with van der Waals surface area (Å²) in [7, 11) is 0. The van der Waals surface area contributed by atoms with Gasteiger partial charge in [-0.2, -0.15) is 0 Å². The van der Waals surface area contributed by atoms with Gasteiger partial charge in [0.2, 0.25) is 0 Å². The summed E-state index contributed by atoms with van der Waals surface area (Å²) in [5.41, 5.74) is 2.52. The van der Waals surface area contributed by atoms with Gasteiger partial charge in [0.25, 0.3) is 0 Å². The second-order valence-corrected chi connectivity index (χ2v) is 6.73. The monoisotopic (exact) mass is 346 g/mol. The van der Waals surface area contributed by atoms with Crippen molar-refractivity contribution in [1.82, 2.24) is 9.88 Å². The van der Waals surface area contributed by atoms with Crippen LogP contribution in [-0.2, 0) is 6.54 Å². The molecule has 1 aliphatic carbocycles. The van der Waals surface area contributed by atoms with Crippen LogP contribution in [-0.4, -0.2) is 27.8 Å². The van der Waals surface area contributed by atoms with Gasteiger partial charge in [0.05, 0.1) is 5.52 Å². The fourth-order valence-electron chi connectivity index (χ4n) is 3.46. The minimum Gasteiger partial charge on any atom is -0.295 e. The van der Waals surface area contributed by atoms with E-state index in [9.17, 15) is 0 Å². The summed E-state index contributed by atoms with van der Waals surface area (Å²) in [6.07, 6.45) is 8.86. The molecule has 3 rings (SSSR count). The first-order chi connectivity index (χ1) is 10.4. The van der Waals surface area contributed by atoms with Crippen LogP contribution in [0.5, 0.6) is 0 Å². The third-order valence-corrected chi connectivity index (χ3v) is 4.93. The van der Waals surface area contributed by atoms with Gasteiger partial charge in [-0.3, -0.25) is 9.88 Å². The zero-order chi connectivity index (χ0) is 14.5. The van der Waals surface area contributed by atoms with Crippen molar-refractivity contribution in [3.05, 3.63) is 42.1 Å². The van der Waals surface area contributed by atoms with Crippen molar-refractivity contribution < 1.29 is 0 Å². The number of para-hydroxylation sites is 1. The van der Waals surface area contributed by atoms with Gasteiger partial charge in [0.15, 0.2) is 0 Å². The fraction of sp³-hybridized carbons (Fsp3) is 0.500. The molecule has 1 saturated carbocycles. The highest BCUT2D eigenvalue weighted by molar-refractivity contribution is 9.09. The minimum absolute atomic E-state index is 0.753. The Bertz CT molecular complexity index is 573. The number of rotatable bonds is 5. The number of alkyl halides is 1. The molecule has 0 unspecified atom stereocenters. The van der Waals surface area contributed by atoms with Crippen LogP contribution in [0.15, 0.2) is 36.5 Å². The van der Waals surface area contributed by atoms with E-state index in [1.165, 1.54) is 43.1 Å². The topological polar surface area (TPSA) is 16.1 Å². The Morgan fingerprint density at radius 2 is 1.90 bits per heavy atom. The lowest BCUT2D eigenvalue weighted by molar-refractivity contribution is 0.158. The second kappa shape index (κ2) is 7.37. The summed E-state index contributed by atoms with van der Waals surface area (Å²) >= 11 is 3.63. The number of benzene rings is 1. The zero-order valence-electron chi connectivity index (χ0n) is 12.5. The van der Waals surface area contributed by atoms with Crippen molar-refractivity contribution in [3.8, 4) is 0 Å². The number of pyridine rings is 1. The predicted molar refractivity (Wildman–Crippen MR) is 92.8 cm³/mol. The number of halogens is 1. The summed E-state index contributed by atoms with van der Waals surface area (Å²) in [4.78, 5) is 7.14. The molecule has 21 heavy (non-hydrogen) atoms. The van der Waals surface area contributed by atoms with E-state index < -0.39 is 0 Å². The van der Waals surface area contributed by atoms with E-state index in [0.717, 1.165) is 30.0 Å². The molecule has 0 amide bonds. The van der Waals surface area contributed by atoms with Crippen molar-refractivity contribution in [2.45, 2.75) is 44.7 Å². The van der Waals surface area contributed by atoms with Crippen LogP contribution in [0.1, 0.15) is 37.7 Å². The molecule has 0 radical (unpaired) electrons. The lowest BCUT2D eigenvalue weighted by Gasteiger charge is -2.34. The van der Waals surface area contributed by atoms with Gasteiger partial charge < -0.3 is 0 Å². The fourth-order valence-corrected chi connectivity index (χ4v) is 3.91. The van der Waals surface area contributed by atoms with Gasteiger partial charge in [0, 0.05) is 36.0 Å². The van der Waals surface area contributed by atoms with E-state index in [4.69, 9.17) is 0 Å². The maximum Gasteiger partial charge on any atom is 0.0705 e. The molecular formula is C18H23BrN2. The van der Waals surface area contributed by atoms with Crippen molar-refractivity contribution in [2.75, 3.05) is 11.9 Å². The molecule has 1 aromatic heterocycles. The Hall–Kier alpha value is -0.930. The Kier molecular flexibility index (Phi) is 5.26. The van der Waals surface area contributed by atoms with Gasteiger partial charge in [-0.05, 0) is 30.5 Å². The Morgan fingerprint density at radius 1 is 1.10 bits per heavy atom. The molecule has 0 spiro atoms. The molecule has 0 atom stereocenters. The smallest absolute Gasteiger partial charge is 0.0705 e. The van der Waals surface area contributed by atoms with Crippen molar-refractivity contribution in [2.24, 2.45) is 0 Å². The number of fused-ring (bicyclic) bond motifs is 1.